The van der Waals surface area contributed by atoms with Crippen molar-refractivity contribution in [3.05, 3.63) is 52.2 Å². The van der Waals surface area contributed by atoms with Crippen molar-refractivity contribution in [1.82, 2.24) is 0 Å². The third-order valence-corrected chi connectivity index (χ3v) is 3.71. The van der Waals surface area contributed by atoms with Gasteiger partial charge in [-0.3, -0.25) is 9.59 Å². The number of thiophene rings is 1. The van der Waals surface area contributed by atoms with Crippen molar-refractivity contribution in [3.8, 4) is 0 Å². The van der Waals surface area contributed by atoms with E-state index in [2.05, 4.69) is 5.32 Å². The predicted molar refractivity (Wildman–Crippen MR) is 79.7 cm³/mol. The van der Waals surface area contributed by atoms with Crippen LogP contribution in [0, 0.1) is 0 Å². The van der Waals surface area contributed by atoms with Crippen molar-refractivity contribution in [2.75, 3.05) is 11.9 Å². The van der Waals surface area contributed by atoms with E-state index in [1.54, 1.807) is 30.3 Å². The maximum absolute atomic E-state index is 11.7. The average molecular weight is 303 g/mol. The Morgan fingerprint density at radius 2 is 1.71 bits per heavy atom. The van der Waals surface area contributed by atoms with E-state index >= 15 is 0 Å². The van der Waals surface area contributed by atoms with Crippen molar-refractivity contribution < 1.29 is 19.1 Å². The van der Waals surface area contributed by atoms with Crippen molar-refractivity contribution in [2.24, 2.45) is 0 Å². The summed E-state index contributed by atoms with van der Waals surface area (Å²) in [5.74, 6) is -1.14. The molecule has 1 amide bonds. The summed E-state index contributed by atoms with van der Waals surface area (Å²) in [5.41, 5.74) is 0.633. The van der Waals surface area contributed by atoms with Crippen LogP contribution in [0.25, 0.3) is 0 Å². The zero-order valence-corrected chi connectivity index (χ0v) is 12.1. The SMILES string of the molecule is CC(=O)c1ccc(C(=O)OCC(=O)Nc2ccccc2)s1. The molecule has 0 aliphatic rings. The van der Waals surface area contributed by atoms with Gasteiger partial charge in [-0.2, -0.15) is 0 Å². The number of rotatable bonds is 5. The zero-order valence-electron chi connectivity index (χ0n) is 11.3. The van der Waals surface area contributed by atoms with Gasteiger partial charge in [0.15, 0.2) is 12.4 Å². The Morgan fingerprint density at radius 3 is 2.33 bits per heavy atom. The minimum Gasteiger partial charge on any atom is -0.451 e. The molecule has 1 N–H and O–H groups in total. The number of ether oxygens (including phenoxy) is 1. The smallest absolute Gasteiger partial charge is 0.348 e. The predicted octanol–water partition coefficient (Wildman–Crippen LogP) is 2.75. The minimum absolute atomic E-state index is 0.110. The van der Waals surface area contributed by atoms with Crippen LogP contribution in [0.15, 0.2) is 42.5 Å². The summed E-state index contributed by atoms with van der Waals surface area (Å²) < 4.78 is 4.90. The van der Waals surface area contributed by atoms with E-state index in [9.17, 15) is 14.4 Å². The van der Waals surface area contributed by atoms with E-state index in [0.29, 0.717) is 15.4 Å². The highest BCUT2D eigenvalue weighted by Crippen LogP contribution is 2.17. The number of benzene rings is 1. The molecule has 0 aliphatic heterocycles. The van der Waals surface area contributed by atoms with Gasteiger partial charge >= 0.3 is 5.97 Å². The topological polar surface area (TPSA) is 72.5 Å². The van der Waals surface area contributed by atoms with Gasteiger partial charge in [-0.1, -0.05) is 18.2 Å². The van der Waals surface area contributed by atoms with E-state index in [-0.39, 0.29) is 12.4 Å². The normalized spacial score (nSPS) is 9.95. The van der Waals surface area contributed by atoms with Gasteiger partial charge in [0.2, 0.25) is 0 Å². The molecule has 0 spiro atoms. The molecule has 2 rings (SSSR count). The highest BCUT2D eigenvalue weighted by molar-refractivity contribution is 7.15. The Bertz CT molecular complexity index is 663. The van der Waals surface area contributed by atoms with Crippen LogP contribution in [0.4, 0.5) is 5.69 Å². The van der Waals surface area contributed by atoms with Crippen molar-refractivity contribution >= 4 is 34.7 Å². The number of ketones is 1. The van der Waals surface area contributed by atoms with Gasteiger partial charge in [0.1, 0.15) is 4.88 Å². The number of amides is 1. The highest BCUT2D eigenvalue weighted by atomic mass is 32.1. The van der Waals surface area contributed by atoms with Gasteiger partial charge in [-0.05, 0) is 31.2 Å². The molecule has 0 fully saturated rings. The molecule has 0 radical (unpaired) electrons. The molecule has 0 bridgehead atoms. The summed E-state index contributed by atoms with van der Waals surface area (Å²) >= 11 is 1.05. The first kappa shape index (κ1) is 14.9. The molecule has 0 saturated carbocycles. The molecule has 1 heterocycles. The standard InChI is InChI=1S/C15H13NO4S/c1-10(17)12-7-8-13(21-12)15(19)20-9-14(18)16-11-5-3-2-4-6-11/h2-8H,9H2,1H3,(H,16,18). The summed E-state index contributed by atoms with van der Waals surface area (Å²) in [6.45, 7) is 1.05. The Morgan fingerprint density at radius 1 is 1.05 bits per heavy atom. The molecule has 0 atom stereocenters. The fourth-order valence-electron chi connectivity index (χ4n) is 1.56. The van der Waals surface area contributed by atoms with Crippen LogP contribution in [0.5, 0.6) is 0 Å². The lowest BCUT2D eigenvalue weighted by molar-refractivity contribution is -0.119. The molecule has 1 aromatic carbocycles. The van der Waals surface area contributed by atoms with Crippen LogP contribution in [0.3, 0.4) is 0 Å². The largest absolute Gasteiger partial charge is 0.451 e. The average Bonchev–Trinajstić information content (AvgIpc) is 2.96. The summed E-state index contributed by atoms with van der Waals surface area (Å²) in [5, 5.41) is 2.61. The molecule has 0 saturated heterocycles. The monoisotopic (exact) mass is 303 g/mol. The van der Waals surface area contributed by atoms with Gasteiger partial charge in [0, 0.05) is 5.69 Å². The second-order valence-electron chi connectivity index (χ2n) is 4.21. The number of nitrogens with one attached hydrogen (secondary N) is 1. The fraction of sp³-hybridized carbons (Fsp3) is 0.133. The van der Waals surface area contributed by atoms with Crippen molar-refractivity contribution in [2.45, 2.75) is 6.92 Å². The van der Waals surface area contributed by atoms with E-state index < -0.39 is 11.9 Å². The van der Waals surface area contributed by atoms with Gasteiger partial charge in [-0.15, -0.1) is 11.3 Å². The van der Waals surface area contributed by atoms with Crippen LogP contribution in [0.1, 0.15) is 26.3 Å². The van der Waals surface area contributed by atoms with Crippen LogP contribution in [0.2, 0.25) is 0 Å². The summed E-state index contributed by atoms with van der Waals surface area (Å²) in [7, 11) is 0. The van der Waals surface area contributed by atoms with Gasteiger partial charge in [0.05, 0.1) is 4.88 Å². The molecule has 2 aromatic rings. The van der Waals surface area contributed by atoms with Crippen LogP contribution in [-0.2, 0) is 9.53 Å². The van der Waals surface area contributed by atoms with Gasteiger partial charge in [-0.25, -0.2) is 4.79 Å². The molecule has 0 unspecified atom stereocenters. The summed E-state index contributed by atoms with van der Waals surface area (Å²) in [4.78, 5) is 35.3. The number of carbonyl (C=O) groups is 3. The quantitative estimate of drug-likeness (QED) is 0.681. The van der Waals surface area contributed by atoms with E-state index in [0.717, 1.165) is 11.3 Å². The third kappa shape index (κ3) is 4.25. The number of hydrogen-bond acceptors (Lipinski definition) is 5. The summed E-state index contributed by atoms with van der Waals surface area (Å²) in [6, 6.07) is 12.0. The fourth-order valence-corrected chi connectivity index (χ4v) is 2.35. The summed E-state index contributed by atoms with van der Waals surface area (Å²) in [6.07, 6.45) is 0. The number of hydrogen-bond donors (Lipinski definition) is 1. The molecule has 0 aliphatic carbocycles. The van der Waals surface area contributed by atoms with Crippen LogP contribution < -0.4 is 5.32 Å². The lowest BCUT2D eigenvalue weighted by atomic mass is 10.3. The Kier molecular flexibility index (Phi) is 4.84. The van der Waals surface area contributed by atoms with Crippen molar-refractivity contribution in [3.63, 3.8) is 0 Å². The maximum Gasteiger partial charge on any atom is 0.348 e. The lowest BCUT2D eigenvalue weighted by Gasteiger charge is -2.05. The van der Waals surface area contributed by atoms with Crippen LogP contribution >= 0.6 is 11.3 Å². The first-order chi connectivity index (χ1) is 10.1. The first-order valence-electron chi connectivity index (χ1n) is 6.19. The number of esters is 1. The molecular formula is C15H13NO4S. The molecular weight excluding hydrogens is 290 g/mol. The number of Topliss-reactive ketones (excluding diaryl/α,β-unsaturated/α-hetero) is 1. The van der Waals surface area contributed by atoms with Crippen molar-refractivity contribution in [1.29, 1.82) is 0 Å². The third-order valence-electron chi connectivity index (χ3n) is 2.55. The number of para-hydroxylation sites is 1. The highest BCUT2D eigenvalue weighted by Gasteiger charge is 2.14. The van der Waals surface area contributed by atoms with Crippen LogP contribution in [-0.4, -0.2) is 24.3 Å². The molecule has 6 heteroatoms. The first-order valence-corrected chi connectivity index (χ1v) is 7.00. The van der Waals surface area contributed by atoms with Gasteiger partial charge in [0.25, 0.3) is 5.91 Å². The number of carbonyl (C=O) groups excluding carboxylic acids is 3. The molecule has 21 heavy (non-hydrogen) atoms. The van der Waals surface area contributed by atoms with Gasteiger partial charge < -0.3 is 10.1 Å². The maximum atomic E-state index is 11.7. The Labute approximate surface area is 125 Å². The van der Waals surface area contributed by atoms with E-state index in [1.807, 2.05) is 6.07 Å². The molecule has 5 nitrogen and oxygen atoms in total. The Balaban J connectivity index is 1.85. The molecule has 108 valence electrons. The second-order valence-corrected chi connectivity index (χ2v) is 5.29. The second kappa shape index (κ2) is 6.81. The molecule has 1 aromatic heterocycles. The zero-order chi connectivity index (χ0) is 15.2. The lowest BCUT2D eigenvalue weighted by Crippen LogP contribution is -2.20. The minimum atomic E-state index is -0.615. The Hall–Kier alpha value is -2.47. The van der Waals surface area contributed by atoms with E-state index in [1.165, 1.54) is 13.0 Å². The number of anilines is 1. The van der Waals surface area contributed by atoms with E-state index in [4.69, 9.17) is 4.74 Å².